The van der Waals surface area contributed by atoms with E-state index in [1.54, 1.807) is 6.08 Å². The minimum atomic E-state index is 0.168. The highest BCUT2D eigenvalue weighted by molar-refractivity contribution is 6.54. The highest BCUT2D eigenvalue weighted by Gasteiger charge is 2.24. The molecule has 4 aromatic carbocycles. The predicted molar refractivity (Wildman–Crippen MR) is 174 cm³/mol. The van der Waals surface area contributed by atoms with Gasteiger partial charge in [0.15, 0.2) is 0 Å². The molecule has 0 bridgehead atoms. The summed E-state index contributed by atoms with van der Waals surface area (Å²) < 4.78 is 0. The molecular weight excluding hydrogens is 530 g/mol. The lowest BCUT2D eigenvalue weighted by Gasteiger charge is -2.19. The smallest absolute Gasteiger partial charge is 0.128 e. The number of nitrogens with one attached hydrogen (secondary N) is 1. The zero-order valence-electron chi connectivity index (χ0n) is 22.9. The summed E-state index contributed by atoms with van der Waals surface area (Å²) in [5.41, 5.74) is 9.84. The highest BCUT2D eigenvalue weighted by atomic mass is 16.4. The number of oxime groups is 1. The van der Waals surface area contributed by atoms with Crippen LogP contribution in [-0.2, 0) is 0 Å². The van der Waals surface area contributed by atoms with Crippen LogP contribution < -0.4 is 0 Å². The second-order valence-corrected chi connectivity index (χ2v) is 10.5. The SMILES string of the molecule is N=C1/C(=N\O)C=Cc2c(-c3cccc(-c4ccc5ccc6ccc(-c7ccccc7)nc6c5n4)c3)nc3ccccc3c21. The maximum Gasteiger partial charge on any atom is 0.128 e. The number of nitrogens with zero attached hydrogens (tertiary/aromatic N) is 4. The number of para-hydroxylation sites is 1. The summed E-state index contributed by atoms with van der Waals surface area (Å²) in [6.07, 6.45) is 3.53. The minimum absolute atomic E-state index is 0.168. The summed E-state index contributed by atoms with van der Waals surface area (Å²) in [6.45, 7) is 0. The Hall–Kier alpha value is -6.01. The normalized spacial score (nSPS) is 13.7. The van der Waals surface area contributed by atoms with Gasteiger partial charge in [-0.25, -0.2) is 15.0 Å². The summed E-state index contributed by atoms with van der Waals surface area (Å²) in [7, 11) is 0. The van der Waals surface area contributed by atoms with Crippen molar-refractivity contribution < 1.29 is 5.21 Å². The Labute approximate surface area is 246 Å². The lowest BCUT2D eigenvalue weighted by molar-refractivity contribution is 0.320. The Kier molecular flexibility index (Phi) is 5.65. The molecule has 1 aliphatic carbocycles. The molecule has 0 saturated heterocycles. The standard InChI is InChI=1S/C37H23N5O/c38-34-32(42-43)20-17-28-33(34)27-11-4-5-12-31(27)41-35(28)26-10-6-9-25(21-26)30-19-16-24-14-13-23-15-18-29(22-7-2-1-3-8-22)39-36(23)37(24)40-30/h1-21,38,43H/b38-34?,42-32-. The van der Waals surface area contributed by atoms with Crippen LogP contribution >= 0.6 is 0 Å². The number of aromatic nitrogens is 3. The van der Waals surface area contributed by atoms with Gasteiger partial charge in [-0.15, -0.1) is 0 Å². The number of fused-ring (bicyclic) bond motifs is 6. The van der Waals surface area contributed by atoms with Crippen molar-refractivity contribution in [2.24, 2.45) is 5.16 Å². The van der Waals surface area contributed by atoms with Crippen molar-refractivity contribution in [1.82, 2.24) is 15.0 Å². The van der Waals surface area contributed by atoms with Crippen molar-refractivity contribution in [1.29, 1.82) is 5.41 Å². The maximum atomic E-state index is 9.49. The zero-order chi connectivity index (χ0) is 28.9. The largest absolute Gasteiger partial charge is 0.410 e. The van der Waals surface area contributed by atoms with Crippen LogP contribution in [0.25, 0.3) is 72.6 Å². The van der Waals surface area contributed by atoms with E-state index in [9.17, 15) is 5.21 Å². The van der Waals surface area contributed by atoms with Gasteiger partial charge in [-0.2, -0.15) is 0 Å². The lowest BCUT2D eigenvalue weighted by atomic mass is 9.88. The van der Waals surface area contributed by atoms with Crippen molar-refractivity contribution in [2.75, 3.05) is 0 Å². The second-order valence-electron chi connectivity index (χ2n) is 10.5. The number of hydrogen-bond acceptors (Lipinski definition) is 6. The van der Waals surface area contributed by atoms with E-state index in [0.29, 0.717) is 5.56 Å². The Balaban J connectivity index is 1.29. The van der Waals surface area contributed by atoms with Gasteiger partial charge in [-0.1, -0.05) is 96.2 Å². The molecule has 0 radical (unpaired) electrons. The molecule has 0 amide bonds. The number of hydrogen-bond donors (Lipinski definition) is 2. The van der Waals surface area contributed by atoms with Crippen molar-refractivity contribution in [3.63, 3.8) is 0 Å². The summed E-state index contributed by atoms with van der Waals surface area (Å²) in [4.78, 5) is 15.2. The number of rotatable bonds is 3. The van der Waals surface area contributed by atoms with Crippen molar-refractivity contribution in [3.8, 4) is 33.8 Å². The average Bonchev–Trinajstić information content (AvgIpc) is 3.08. The van der Waals surface area contributed by atoms with E-state index in [-0.39, 0.29) is 11.4 Å². The molecule has 7 aromatic rings. The summed E-state index contributed by atoms with van der Waals surface area (Å²) in [6, 6.07) is 38.6. The van der Waals surface area contributed by atoms with Gasteiger partial charge in [-0.05, 0) is 36.4 Å². The van der Waals surface area contributed by atoms with E-state index in [0.717, 1.165) is 72.0 Å². The summed E-state index contributed by atoms with van der Waals surface area (Å²) >= 11 is 0. The van der Waals surface area contributed by atoms with Crippen LogP contribution in [0.4, 0.5) is 0 Å². The molecule has 0 saturated carbocycles. The van der Waals surface area contributed by atoms with Gasteiger partial charge in [0.25, 0.3) is 0 Å². The first-order valence-electron chi connectivity index (χ1n) is 14.0. The first-order valence-corrected chi connectivity index (χ1v) is 14.0. The van der Waals surface area contributed by atoms with Crippen LogP contribution in [0.5, 0.6) is 0 Å². The summed E-state index contributed by atoms with van der Waals surface area (Å²) in [5.74, 6) is 0. The van der Waals surface area contributed by atoms with Crippen LogP contribution in [-0.4, -0.2) is 31.6 Å². The highest BCUT2D eigenvalue weighted by Crippen LogP contribution is 2.36. The van der Waals surface area contributed by atoms with Crippen molar-refractivity contribution in [2.45, 2.75) is 0 Å². The molecule has 0 unspecified atom stereocenters. The fourth-order valence-electron chi connectivity index (χ4n) is 5.86. The Bertz CT molecular complexity index is 2320. The van der Waals surface area contributed by atoms with E-state index < -0.39 is 0 Å². The average molecular weight is 554 g/mol. The van der Waals surface area contributed by atoms with Gasteiger partial charge in [-0.3, -0.25) is 5.41 Å². The molecule has 6 heteroatoms. The van der Waals surface area contributed by atoms with Gasteiger partial charge in [0.05, 0.1) is 39.3 Å². The van der Waals surface area contributed by atoms with Crippen LogP contribution in [0.15, 0.2) is 126 Å². The minimum Gasteiger partial charge on any atom is -0.410 e. The lowest BCUT2D eigenvalue weighted by Crippen LogP contribution is -2.18. The van der Waals surface area contributed by atoms with E-state index in [1.165, 1.54) is 0 Å². The van der Waals surface area contributed by atoms with Gasteiger partial charge < -0.3 is 5.21 Å². The number of benzene rings is 4. The van der Waals surface area contributed by atoms with Crippen molar-refractivity contribution in [3.05, 3.63) is 132 Å². The molecule has 8 rings (SSSR count). The quantitative estimate of drug-likeness (QED) is 0.130. The van der Waals surface area contributed by atoms with E-state index in [1.807, 2.05) is 72.8 Å². The molecule has 2 N–H and O–H groups in total. The molecule has 0 aliphatic heterocycles. The van der Waals surface area contributed by atoms with Gasteiger partial charge in [0.2, 0.25) is 0 Å². The van der Waals surface area contributed by atoms with Crippen molar-refractivity contribution >= 4 is 50.2 Å². The molecule has 202 valence electrons. The van der Waals surface area contributed by atoms with E-state index >= 15 is 0 Å². The monoisotopic (exact) mass is 553 g/mol. The first kappa shape index (κ1) is 24.8. The molecular formula is C37H23N5O. The fraction of sp³-hybridized carbons (Fsp3) is 0. The molecule has 0 spiro atoms. The maximum absolute atomic E-state index is 9.49. The van der Waals surface area contributed by atoms with Gasteiger partial charge in [0.1, 0.15) is 5.71 Å². The third-order valence-corrected chi connectivity index (χ3v) is 7.97. The zero-order valence-corrected chi connectivity index (χ0v) is 22.9. The number of pyridine rings is 3. The van der Waals surface area contributed by atoms with Crippen LogP contribution in [0, 0.1) is 5.41 Å². The van der Waals surface area contributed by atoms with Crippen LogP contribution in [0.3, 0.4) is 0 Å². The Morgan fingerprint density at radius 1 is 0.581 bits per heavy atom. The summed E-state index contributed by atoms with van der Waals surface area (Å²) in [5, 5.41) is 24.5. The predicted octanol–water partition coefficient (Wildman–Crippen LogP) is 8.56. The first-order chi connectivity index (χ1) is 21.2. The number of allylic oxidation sites excluding steroid dienone is 1. The van der Waals surface area contributed by atoms with Gasteiger partial charge >= 0.3 is 0 Å². The topological polar surface area (TPSA) is 95.1 Å². The molecule has 1 aliphatic rings. The fourth-order valence-corrected chi connectivity index (χ4v) is 5.86. The van der Waals surface area contributed by atoms with E-state index in [2.05, 4.69) is 53.7 Å². The molecule has 43 heavy (non-hydrogen) atoms. The van der Waals surface area contributed by atoms with Crippen LogP contribution in [0.1, 0.15) is 11.1 Å². The molecule has 6 nitrogen and oxygen atoms in total. The van der Waals surface area contributed by atoms with E-state index in [4.69, 9.17) is 20.4 Å². The van der Waals surface area contributed by atoms with Crippen LogP contribution in [0.2, 0.25) is 0 Å². The Morgan fingerprint density at radius 2 is 1.21 bits per heavy atom. The molecule has 0 atom stereocenters. The third-order valence-electron chi connectivity index (χ3n) is 7.97. The molecule has 0 fully saturated rings. The molecule has 3 heterocycles. The third kappa shape index (κ3) is 4.08. The Morgan fingerprint density at radius 3 is 1.95 bits per heavy atom. The second kappa shape index (κ2) is 9.82. The van der Waals surface area contributed by atoms with Gasteiger partial charge in [0, 0.05) is 44.0 Å². The molecule has 3 aromatic heterocycles.